The van der Waals surface area contributed by atoms with E-state index in [-0.39, 0.29) is 5.91 Å². The van der Waals surface area contributed by atoms with E-state index >= 15 is 0 Å². The number of carbonyl (C=O) groups is 1. The predicted molar refractivity (Wildman–Crippen MR) is 82.6 cm³/mol. The van der Waals surface area contributed by atoms with Gasteiger partial charge in [0.15, 0.2) is 0 Å². The van der Waals surface area contributed by atoms with Crippen LogP contribution in [0.3, 0.4) is 0 Å². The van der Waals surface area contributed by atoms with Crippen LogP contribution in [0.5, 0.6) is 0 Å². The number of unbranched alkanes of at least 4 members (excludes halogenated alkanes) is 1. The highest BCUT2D eigenvalue weighted by molar-refractivity contribution is 6.04. The molecule has 0 bridgehead atoms. The molecule has 0 aliphatic carbocycles. The van der Waals surface area contributed by atoms with Crippen LogP contribution in [0.15, 0.2) is 54.9 Å². The molecule has 0 radical (unpaired) electrons. The first-order valence-corrected chi connectivity index (χ1v) is 6.77. The van der Waals surface area contributed by atoms with E-state index in [0.717, 1.165) is 18.4 Å². The summed E-state index contributed by atoms with van der Waals surface area (Å²) in [5.41, 5.74) is 2.45. The number of benzene rings is 1. The first kappa shape index (κ1) is 14.0. The van der Waals surface area contributed by atoms with Crippen molar-refractivity contribution in [1.29, 1.82) is 0 Å². The normalized spacial score (nSPS) is 10.7. The third-order valence-corrected chi connectivity index (χ3v) is 2.86. The van der Waals surface area contributed by atoms with Crippen molar-refractivity contribution in [3.63, 3.8) is 0 Å². The standard InChI is InChI=1S/C17H18N2O/c1-2-3-4-6-14-8-10-15(11-9-14)17(20)19-16-7-5-12-18-13-16/h4-13H,2-3H2,1H3,(H,19,20). The molecule has 3 heteroatoms. The Bertz CT molecular complexity index is 574. The second-order valence-electron chi connectivity index (χ2n) is 4.51. The van der Waals surface area contributed by atoms with Gasteiger partial charge in [-0.3, -0.25) is 9.78 Å². The minimum atomic E-state index is -0.123. The lowest BCUT2D eigenvalue weighted by Gasteiger charge is -2.04. The average molecular weight is 266 g/mol. The van der Waals surface area contributed by atoms with Crippen molar-refractivity contribution >= 4 is 17.7 Å². The third kappa shape index (κ3) is 4.05. The van der Waals surface area contributed by atoms with E-state index in [2.05, 4.69) is 29.4 Å². The summed E-state index contributed by atoms with van der Waals surface area (Å²) in [6.07, 6.45) is 9.73. The van der Waals surface area contributed by atoms with Crippen LogP contribution in [0.2, 0.25) is 0 Å². The van der Waals surface area contributed by atoms with Crippen molar-refractivity contribution in [3.05, 3.63) is 66.0 Å². The highest BCUT2D eigenvalue weighted by atomic mass is 16.1. The highest BCUT2D eigenvalue weighted by Gasteiger charge is 2.05. The fraction of sp³-hybridized carbons (Fsp3) is 0.176. The summed E-state index contributed by atoms with van der Waals surface area (Å²) in [4.78, 5) is 16.0. The number of nitrogens with one attached hydrogen (secondary N) is 1. The summed E-state index contributed by atoms with van der Waals surface area (Å²) < 4.78 is 0. The van der Waals surface area contributed by atoms with Gasteiger partial charge in [0.1, 0.15) is 0 Å². The van der Waals surface area contributed by atoms with Gasteiger partial charge < -0.3 is 5.32 Å². The Labute approximate surface area is 119 Å². The first-order valence-electron chi connectivity index (χ1n) is 6.77. The number of carbonyl (C=O) groups excluding carboxylic acids is 1. The van der Waals surface area contributed by atoms with Gasteiger partial charge in [0, 0.05) is 11.8 Å². The number of hydrogen-bond acceptors (Lipinski definition) is 2. The molecule has 2 aromatic rings. The molecule has 20 heavy (non-hydrogen) atoms. The Hall–Kier alpha value is -2.42. The second kappa shape index (κ2) is 7.24. The maximum absolute atomic E-state index is 12.0. The highest BCUT2D eigenvalue weighted by Crippen LogP contribution is 2.10. The van der Waals surface area contributed by atoms with E-state index in [1.807, 2.05) is 30.3 Å². The molecular formula is C17H18N2O. The summed E-state index contributed by atoms with van der Waals surface area (Å²) >= 11 is 0. The van der Waals surface area contributed by atoms with Crippen LogP contribution in [0, 0.1) is 0 Å². The van der Waals surface area contributed by atoms with Crippen molar-refractivity contribution in [3.8, 4) is 0 Å². The van der Waals surface area contributed by atoms with Crippen LogP contribution in [0.1, 0.15) is 35.7 Å². The van der Waals surface area contributed by atoms with Crippen LogP contribution in [0.25, 0.3) is 6.08 Å². The Morgan fingerprint density at radius 2 is 2.05 bits per heavy atom. The maximum Gasteiger partial charge on any atom is 0.255 e. The van der Waals surface area contributed by atoms with E-state index < -0.39 is 0 Å². The molecule has 0 aliphatic heterocycles. The molecule has 0 spiro atoms. The Kier molecular flexibility index (Phi) is 5.07. The number of anilines is 1. The number of aromatic nitrogens is 1. The van der Waals surface area contributed by atoms with Gasteiger partial charge in [-0.15, -0.1) is 0 Å². The number of rotatable bonds is 5. The lowest BCUT2D eigenvalue weighted by molar-refractivity contribution is 0.102. The Balaban J connectivity index is 2.00. The molecule has 1 amide bonds. The van der Waals surface area contributed by atoms with Gasteiger partial charge in [-0.2, -0.15) is 0 Å². The third-order valence-electron chi connectivity index (χ3n) is 2.86. The van der Waals surface area contributed by atoms with Crippen molar-refractivity contribution in [2.45, 2.75) is 19.8 Å². The quantitative estimate of drug-likeness (QED) is 0.883. The van der Waals surface area contributed by atoms with E-state index in [9.17, 15) is 4.79 Å². The SMILES string of the molecule is CCCC=Cc1ccc(C(=O)Nc2cccnc2)cc1. The van der Waals surface area contributed by atoms with Gasteiger partial charge in [-0.1, -0.05) is 37.6 Å². The molecule has 3 nitrogen and oxygen atoms in total. The largest absolute Gasteiger partial charge is 0.321 e. The van der Waals surface area contributed by atoms with Crippen molar-refractivity contribution in [2.24, 2.45) is 0 Å². The fourth-order valence-electron chi connectivity index (χ4n) is 1.77. The summed E-state index contributed by atoms with van der Waals surface area (Å²) in [6.45, 7) is 2.15. The van der Waals surface area contributed by atoms with Crippen molar-refractivity contribution < 1.29 is 4.79 Å². The average Bonchev–Trinajstić information content (AvgIpc) is 2.49. The predicted octanol–water partition coefficient (Wildman–Crippen LogP) is 4.15. The second-order valence-corrected chi connectivity index (χ2v) is 4.51. The van der Waals surface area contributed by atoms with Gasteiger partial charge in [0.05, 0.1) is 11.9 Å². The van der Waals surface area contributed by atoms with Crippen molar-refractivity contribution in [2.75, 3.05) is 5.32 Å². The minimum Gasteiger partial charge on any atom is -0.321 e. The summed E-state index contributed by atoms with van der Waals surface area (Å²) in [6, 6.07) is 11.2. The first-order chi connectivity index (χ1) is 9.79. The summed E-state index contributed by atoms with van der Waals surface area (Å²) in [5, 5.41) is 2.81. The van der Waals surface area contributed by atoms with Crippen LogP contribution < -0.4 is 5.32 Å². The lowest BCUT2D eigenvalue weighted by atomic mass is 10.1. The monoisotopic (exact) mass is 266 g/mol. The maximum atomic E-state index is 12.0. The number of pyridine rings is 1. The number of allylic oxidation sites excluding steroid dienone is 1. The minimum absolute atomic E-state index is 0.123. The van der Waals surface area contributed by atoms with E-state index in [1.165, 1.54) is 0 Å². The van der Waals surface area contributed by atoms with E-state index in [0.29, 0.717) is 11.3 Å². The zero-order chi connectivity index (χ0) is 14.2. The molecule has 102 valence electrons. The molecule has 2 rings (SSSR count). The fourth-order valence-corrected chi connectivity index (χ4v) is 1.77. The number of nitrogens with zero attached hydrogens (tertiary/aromatic N) is 1. The summed E-state index contributed by atoms with van der Waals surface area (Å²) in [5.74, 6) is -0.123. The van der Waals surface area contributed by atoms with Crippen LogP contribution in [-0.2, 0) is 0 Å². The van der Waals surface area contributed by atoms with Gasteiger partial charge in [-0.05, 0) is 36.2 Å². The van der Waals surface area contributed by atoms with E-state index in [4.69, 9.17) is 0 Å². The molecule has 1 heterocycles. The molecule has 0 unspecified atom stereocenters. The molecule has 0 saturated heterocycles. The number of hydrogen-bond donors (Lipinski definition) is 1. The molecular weight excluding hydrogens is 248 g/mol. The molecule has 0 saturated carbocycles. The smallest absolute Gasteiger partial charge is 0.255 e. The molecule has 0 atom stereocenters. The summed E-state index contributed by atoms with van der Waals surface area (Å²) in [7, 11) is 0. The molecule has 1 N–H and O–H groups in total. The molecule has 0 fully saturated rings. The Morgan fingerprint density at radius 1 is 1.25 bits per heavy atom. The van der Waals surface area contributed by atoms with Gasteiger partial charge in [0.25, 0.3) is 5.91 Å². The van der Waals surface area contributed by atoms with Crippen LogP contribution >= 0.6 is 0 Å². The topological polar surface area (TPSA) is 42.0 Å². The number of amides is 1. The van der Waals surface area contributed by atoms with Gasteiger partial charge >= 0.3 is 0 Å². The molecule has 0 aliphatic rings. The molecule has 1 aromatic carbocycles. The zero-order valence-corrected chi connectivity index (χ0v) is 11.5. The van der Waals surface area contributed by atoms with Crippen LogP contribution in [-0.4, -0.2) is 10.9 Å². The van der Waals surface area contributed by atoms with E-state index in [1.54, 1.807) is 18.5 Å². The van der Waals surface area contributed by atoms with Gasteiger partial charge in [-0.25, -0.2) is 0 Å². The lowest BCUT2D eigenvalue weighted by Crippen LogP contribution is -2.11. The Morgan fingerprint density at radius 3 is 2.70 bits per heavy atom. The van der Waals surface area contributed by atoms with Crippen molar-refractivity contribution in [1.82, 2.24) is 4.98 Å². The zero-order valence-electron chi connectivity index (χ0n) is 11.5. The molecule has 1 aromatic heterocycles. The van der Waals surface area contributed by atoms with Gasteiger partial charge in [0.2, 0.25) is 0 Å². The van der Waals surface area contributed by atoms with Crippen LogP contribution in [0.4, 0.5) is 5.69 Å².